The van der Waals surface area contributed by atoms with Gasteiger partial charge in [-0.15, -0.1) is 11.6 Å². The van der Waals surface area contributed by atoms with Gasteiger partial charge >= 0.3 is 0 Å². The van der Waals surface area contributed by atoms with Crippen LogP contribution in [0.2, 0.25) is 0 Å². The van der Waals surface area contributed by atoms with E-state index in [1.165, 1.54) is 6.07 Å². The van der Waals surface area contributed by atoms with Crippen LogP contribution in [0.15, 0.2) is 18.2 Å². The molecule has 4 heteroatoms. The maximum absolute atomic E-state index is 13.2. The van der Waals surface area contributed by atoms with E-state index in [0.29, 0.717) is 16.5 Å². The molecule has 0 heterocycles. The lowest BCUT2D eigenvalue weighted by Gasteiger charge is -2.02. The van der Waals surface area contributed by atoms with Crippen molar-refractivity contribution in [1.29, 1.82) is 0 Å². The molecule has 0 aliphatic rings. The molecular weight excluding hydrogens is 270 g/mol. The summed E-state index contributed by atoms with van der Waals surface area (Å²) in [4.78, 5) is 11.1. The average molecular weight is 280 g/mol. The van der Waals surface area contributed by atoms with Crippen molar-refractivity contribution >= 4 is 33.3 Å². The van der Waals surface area contributed by atoms with E-state index in [2.05, 4.69) is 15.9 Å². The third-order valence-electron chi connectivity index (χ3n) is 1.81. The van der Waals surface area contributed by atoms with Gasteiger partial charge in [0.05, 0.1) is 11.2 Å². The number of rotatable bonds is 4. The van der Waals surface area contributed by atoms with E-state index < -0.39 is 0 Å². The Morgan fingerprint density at radius 1 is 1.50 bits per heavy atom. The van der Waals surface area contributed by atoms with E-state index in [4.69, 9.17) is 11.6 Å². The van der Waals surface area contributed by atoms with Gasteiger partial charge in [0.15, 0.2) is 0 Å². The molecule has 0 fully saturated rings. The van der Waals surface area contributed by atoms with Gasteiger partial charge in [-0.05, 0) is 11.6 Å². The Balaban J connectivity index is 2.81. The quantitative estimate of drug-likeness (QED) is 0.774. The van der Waals surface area contributed by atoms with Crippen LogP contribution in [0.3, 0.4) is 0 Å². The van der Waals surface area contributed by atoms with Crippen LogP contribution in [0.4, 0.5) is 4.39 Å². The maximum Gasteiger partial charge on any atom is 0.147 e. The first-order valence-corrected chi connectivity index (χ1v) is 5.74. The molecule has 0 spiro atoms. The summed E-state index contributed by atoms with van der Waals surface area (Å²) < 4.78 is 13.2. The number of carbonyl (C=O) groups is 1. The first-order valence-electron chi connectivity index (χ1n) is 4.08. The zero-order valence-electron chi connectivity index (χ0n) is 7.40. The van der Waals surface area contributed by atoms with Crippen molar-refractivity contribution in [3.05, 3.63) is 35.1 Å². The summed E-state index contributed by atoms with van der Waals surface area (Å²) >= 11 is 8.56. The second-order valence-corrected chi connectivity index (χ2v) is 3.74. The highest BCUT2D eigenvalue weighted by Gasteiger charge is 2.05. The lowest BCUT2D eigenvalue weighted by Crippen LogP contribution is -2.04. The molecule has 0 saturated heterocycles. The zero-order valence-corrected chi connectivity index (χ0v) is 9.74. The molecule has 1 aromatic rings. The number of ketones is 1. The summed E-state index contributed by atoms with van der Waals surface area (Å²) in [7, 11) is 0. The molecule has 76 valence electrons. The van der Waals surface area contributed by atoms with Crippen molar-refractivity contribution in [2.75, 3.05) is 5.33 Å². The number of benzene rings is 1. The Hall–Kier alpha value is -0.410. The minimum absolute atomic E-state index is 0.0306. The van der Waals surface area contributed by atoms with E-state index in [1.807, 2.05) is 0 Å². The predicted octanol–water partition coefficient (Wildman–Crippen LogP) is 3.07. The van der Waals surface area contributed by atoms with E-state index >= 15 is 0 Å². The normalized spacial score (nSPS) is 10.2. The number of alkyl halides is 2. The number of carbonyl (C=O) groups excluding carboxylic acids is 1. The Morgan fingerprint density at radius 2 is 2.21 bits per heavy atom. The fourth-order valence-corrected chi connectivity index (χ4v) is 1.50. The van der Waals surface area contributed by atoms with Gasteiger partial charge in [-0.1, -0.05) is 28.1 Å². The van der Waals surface area contributed by atoms with Gasteiger partial charge in [0.1, 0.15) is 11.6 Å². The second kappa shape index (κ2) is 5.47. The molecule has 0 amide bonds. The molecule has 1 aromatic carbocycles. The average Bonchev–Trinajstić information content (AvgIpc) is 2.18. The lowest BCUT2D eigenvalue weighted by atomic mass is 10.1. The molecule has 0 saturated carbocycles. The van der Waals surface area contributed by atoms with E-state index in [9.17, 15) is 9.18 Å². The predicted molar refractivity (Wildman–Crippen MR) is 58.5 cm³/mol. The van der Waals surface area contributed by atoms with Crippen LogP contribution in [-0.2, 0) is 17.1 Å². The fraction of sp³-hybridized carbons (Fsp3) is 0.300. The first kappa shape index (κ1) is 11.7. The SMILES string of the molecule is O=C(CBr)Cc1ccc(CCl)c(F)c1. The monoisotopic (exact) mass is 278 g/mol. The molecule has 1 rings (SSSR count). The lowest BCUT2D eigenvalue weighted by molar-refractivity contribution is -0.115. The Morgan fingerprint density at radius 3 is 2.71 bits per heavy atom. The number of hydrogen-bond acceptors (Lipinski definition) is 1. The highest BCUT2D eigenvalue weighted by Crippen LogP contribution is 2.13. The van der Waals surface area contributed by atoms with Gasteiger partial charge in [-0.25, -0.2) is 4.39 Å². The van der Waals surface area contributed by atoms with Crippen molar-refractivity contribution in [2.24, 2.45) is 0 Å². The van der Waals surface area contributed by atoms with Gasteiger partial charge in [-0.3, -0.25) is 4.79 Å². The van der Waals surface area contributed by atoms with Crippen LogP contribution in [0, 0.1) is 5.82 Å². The van der Waals surface area contributed by atoms with Crippen LogP contribution in [-0.4, -0.2) is 11.1 Å². The summed E-state index contributed by atoms with van der Waals surface area (Å²) in [5.74, 6) is -0.165. The van der Waals surface area contributed by atoms with Gasteiger partial charge in [0.2, 0.25) is 0 Å². The third-order valence-corrected chi connectivity index (χ3v) is 2.73. The molecule has 14 heavy (non-hydrogen) atoms. The van der Waals surface area contributed by atoms with Crippen LogP contribution in [0.5, 0.6) is 0 Å². The molecule has 0 N–H and O–H groups in total. The standard InChI is InChI=1S/C10H9BrClFO/c11-5-9(14)3-7-1-2-8(6-12)10(13)4-7/h1-2,4H,3,5-6H2. The van der Waals surface area contributed by atoms with Crippen molar-refractivity contribution < 1.29 is 9.18 Å². The number of Topliss-reactive ketones (excluding diaryl/α,β-unsaturated/α-hetero) is 1. The van der Waals surface area contributed by atoms with E-state index in [0.717, 1.165) is 0 Å². The minimum atomic E-state index is -0.347. The summed E-state index contributed by atoms with van der Waals surface area (Å²) in [5.41, 5.74) is 1.14. The van der Waals surface area contributed by atoms with E-state index in [1.54, 1.807) is 12.1 Å². The van der Waals surface area contributed by atoms with Crippen LogP contribution < -0.4 is 0 Å². The smallest absolute Gasteiger partial charge is 0.147 e. The largest absolute Gasteiger partial charge is 0.298 e. The highest BCUT2D eigenvalue weighted by molar-refractivity contribution is 9.09. The first-order chi connectivity index (χ1) is 6.67. The summed E-state index contributed by atoms with van der Waals surface area (Å²) in [6.45, 7) is 0. The molecule has 0 unspecified atom stereocenters. The van der Waals surface area contributed by atoms with Gasteiger partial charge in [0.25, 0.3) is 0 Å². The summed E-state index contributed by atoms with van der Waals surface area (Å²) in [6, 6.07) is 4.69. The third kappa shape index (κ3) is 3.07. The second-order valence-electron chi connectivity index (χ2n) is 2.91. The Labute approximate surface area is 95.4 Å². The van der Waals surface area contributed by atoms with Crippen molar-refractivity contribution in [2.45, 2.75) is 12.3 Å². The van der Waals surface area contributed by atoms with Gasteiger partial charge < -0.3 is 0 Å². The topological polar surface area (TPSA) is 17.1 Å². The zero-order chi connectivity index (χ0) is 10.6. The minimum Gasteiger partial charge on any atom is -0.298 e. The summed E-state index contributed by atoms with van der Waals surface area (Å²) in [5, 5.41) is 0.297. The molecule has 1 nitrogen and oxygen atoms in total. The van der Waals surface area contributed by atoms with Crippen molar-refractivity contribution in [3.63, 3.8) is 0 Å². The van der Waals surface area contributed by atoms with Crippen LogP contribution in [0.25, 0.3) is 0 Å². The molecular formula is C10H9BrClFO. The maximum atomic E-state index is 13.2. The molecule has 0 aliphatic carbocycles. The van der Waals surface area contributed by atoms with Crippen LogP contribution >= 0.6 is 27.5 Å². The summed E-state index contributed by atoms with van der Waals surface area (Å²) in [6.07, 6.45) is 0.255. The van der Waals surface area contributed by atoms with Gasteiger partial charge in [-0.2, -0.15) is 0 Å². The highest BCUT2D eigenvalue weighted by atomic mass is 79.9. The van der Waals surface area contributed by atoms with Gasteiger partial charge in [0, 0.05) is 12.0 Å². The van der Waals surface area contributed by atoms with Crippen molar-refractivity contribution in [1.82, 2.24) is 0 Å². The van der Waals surface area contributed by atoms with Crippen LogP contribution in [0.1, 0.15) is 11.1 Å². The Bertz CT molecular complexity index is 341. The molecule has 0 aliphatic heterocycles. The molecule has 0 bridgehead atoms. The molecule has 0 aromatic heterocycles. The van der Waals surface area contributed by atoms with E-state index in [-0.39, 0.29) is 23.9 Å². The molecule has 0 atom stereocenters. The molecule has 0 radical (unpaired) electrons. The fourth-order valence-electron chi connectivity index (χ4n) is 1.08. The van der Waals surface area contributed by atoms with Crippen molar-refractivity contribution in [3.8, 4) is 0 Å². The number of hydrogen-bond donors (Lipinski definition) is 0. The number of halogens is 3. The Kier molecular flexibility index (Phi) is 4.55.